The van der Waals surface area contributed by atoms with Gasteiger partial charge in [-0.15, -0.1) is 0 Å². The predicted octanol–water partition coefficient (Wildman–Crippen LogP) is 3.51. The number of ether oxygens (including phenoxy) is 1. The number of para-hydroxylation sites is 3. The molecule has 1 unspecified atom stereocenters. The molecular weight excluding hydrogens is 404 g/mol. The van der Waals surface area contributed by atoms with Crippen LogP contribution < -0.4 is 15.0 Å². The molecule has 3 aromatic rings. The van der Waals surface area contributed by atoms with Crippen LogP contribution in [0.1, 0.15) is 32.3 Å². The fourth-order valence-corrected chi connectivity index (χ4v) is 3.84. The molecule has 32 heavy (non-hydrogen) atoms. The average Bonchev–Trinajstić information content (AvgIpc) is 3.30. The van der Waals surface area contributed by atoms with Crippen LogP contribution in [0.5, 0.6) is 5.75 Å². The molecule has 7 heteroatoms. The maximum Gasteiger partial charge on any atom is 0.263 e. The highest BCUT2D eigenvalue weighted by Crippen LogP contribution is 2.33. The van der Waals surface area contributed by atoms with E-state index in [0.29, 0.717) is 11.4 Å². The number of hydrogen-bond donors (Lipinski definition) is 1. The van der Waals surface area contributed by atoms with E-state index >= 15 is 0 Å². The third-order valence-corrected chi connectivity index (χ3v) is 5.71. The third kappa shape index (κ3) is 4.66. The van der Waals surface area contributed by atoms with Crippen LogP contribution in [0.25, 0.3) is 5.69 Å². The minimum absolute atomic E-state index is 0.0937. The van der Waals surface area contributed by atoms with E-state index in [9.17, 15) is 9.59 Å². The number of benzene rings is 2. The van der Waals surface area contributed by atoms with Crippen LogP contribution in [0.4, 0.5) is 5.69 Å². The molecule has 1 aliphatic rings. The largest absolute Gasteiger partial charge is 0.477 e. The molecule has 0 saturated carbocycles. The van der Waals surface area contributed by atoms with Gasteiger partial charge >= 0.3 is 0 Å². The van der Waals surface area contributed by atoms with Crippen molar-refractivity contribution in [3.8, 4) is 11.4 Å². The number of hydrogen-bond acceptors (Lipinski definition) is 4. The zero-order valence-electron chi connectivity index (χ0n) is 18.4. The van der Waals surface area contributed by atoms with Crippen LogP contribution in [0, 0.1) is 0 Å². The van der Waals surface area contributed by atoms with Gasteiger partial charge in [0.2, 0.25) is 5.91 Å². The summed E-state index contributed by atoms with van der Waals surface area (Å²) in [4.78, 5) is 27.8. The molecule has 1 aliphatic heterocycles. The molecule has 2 amide bonds. The lowest BCUT2D eigenvalue weighted by atomic mass is 10.1. The van der Waals surface area contributed by atoms with Crippen molar-refractivity contribution in [1.82, 2.24) is 15.1 Å². The topological polar surface area (TPSA) is 76.5 Å². The maximum atomic E-state index is 13.3. The molecule has 0 radical (unpaired) electrons. The Kier molecular flexibility index (Phi) is 6.54. The highest BCUT2D eigenvalue weighted by molar-refractivity contribution is 5.98. The van der Waals surface area contributed by atoms with Crippen molar-refractivity contribution in [2.45, 2.75) is 45.3 Å². The monoisotopic (exact) mass is 432 g/mol. The van der Waals surface area contributed by atoms with Gasteiger partial charge in [0.05, 0.1) is 30.5 Å². The quantitative estimate of drug-likeness (QED) is 0.620. The molecule has 0 bridgehead atoms. The zero-order valence-corrected chi connectivity index (χ0v) is 18.4. The lowest BCUT2D eigenvalue weighted by molar-refractivity contribution is -0.129. The standard InChI is InChI=1S/C25H28N4O3/c1-3-19(4-2)27-25(31)23-17-28(21-12-8-9-13-22(21)32-23)24(30)14-18-15-26-29(16-18)20-10-6-5-7-11-20/h5-13,15-16,19,23H,3-4,14,17H2,1-2H3,(H,27,31). The summed E-state index contributed by atoms with van der Waals surface area (Å²) in [5, 5.41) is 7.41. The van der Waals surface area contributed by atoms with E-state index in [4.69, 9.17) is 4.74 Å². The van der Waals surface area contributed by atoms with Gasteiger partial charge in [0.25, 0.3) is 5.91 Å². The third-order valence-electron chi connectivity index (χ3n) is 5.71. The van der Waals surface area contributed by atoms with Gasteiger partial charge in [0.15, 0.2) is 6.10 Å². The summed E-state index contributed by atoms with van der Waals surface area (Å²) in [6.45, 7) is 4.25. The van der Waals surface area contributed by atoms with Crippen molar-refractivity contribution in [1.29, 1.82) is 0 Å². The van der Waals surface area contributed by atoms with Crippen molar-refractivity contribution >= 4 is 17.5 Å². The number of fused-ring (bicyclic) bond motifs is 1. The molecule has 1 N–H and O–H groups in total. The van der Waals surface area contributed by atoms with Gasteiger partial charge in [-0.2, -0.15) is 5.10 Å². The highest BCUT2D eigenvalue weighted by atomic mass is 16.5. The van der Waals surface area contributed by atoms with E-state index in [2.05, 4.69) is 10.4 Å². The second kappa shape index (κ2) is 9.68. The number of carbonyl (C=O) groups is 2. The Morgan fingerprint density at radius 1 is 1.09 bits per heavy atom. The molecule has 1 aromatic heterocycles. The number of aromatic nitrogens is 2. The number of anilines is 1. The summed E-state index contributed by atoms with van der Waals surface area (Å²) in [6, 6.07) is 17.2. The summed E-state index contributed by atoms with van der Waals surface area (Å²) in [6.07, 6.45) is 4.69. The Morgan fingerprint density at radius 2 is 1.81 bits per heavy atom. The summed E-state index contributed by atoms with van der Waals surface area (Å²) in [7, 11) is 0. The van der Waals surface area contributed by atoms with Crippen molar-refractivity contribution in [3.63, 3.8) is 0 Å². The van der Waals surface area contributed by atoms with Crippen molar-refractivity contribution in [3.05, 3.63) is 72.6 Å². The van der Waals surface area contributed by atoms with Crippen LogP contribution in [0.2, 0.25) is 0 Å². The second-order valence-electron chi connectivity index (χ2n) is 7.91. The van der Waals surface area contributed by atoms with E-state index < -0.39 is 6.10 Å². The number of rotatable bonds is 7. The number of nitrogens with one attached hydrogen (secondary N) is 1. The molecule has 7 nitrogen and oxygen atoms in total. The van der Waals surface area contributed by atoms with E-state index in [1.54, 1.807) is 21.8 Å². The highest BCUT2D eigenvalue weighted by Gasteiger charge is 2.34. The SMILES string of the molecule is CCC(CC)NC(=O)C1CN(C(=O)Cc2cnn(-c3ccccc3)c2)c2ccccc2O1. The van der Waals surface area contributed by atoms with Crippen molar-refractivity contribution in [2.75, 3.05) is 11.4 Å². The Hall–Kier alpha value is -3.61. The van der Waals surface area contributed by atoms with Gasteiger partial charge in [0, 0.05) is 12.2 Å². The van der Waals surface area contributed by atoms with Gasteiger partial charge in [-0.05, 0) is 42.7 Å². The van der Waals surface area contributed by atoms with Crippen molar-refractivity contribution in [2.24, 2.45) is 0 Å². The van der Waals surface area contributed by atoms with E-state index in [1.165, 1.54) is 0 Å². The first-order chi connectivity index (χ1) is 15.6. The molecule has 0 aliphatic carbocycles. The first-order valence-electron chi connectivity index (χ1n) is 11.0. The van der Waals surface area contributed by atoms with Gasteiger partial charge < -0.3 is 15.0 Å². The lowest BCUT2D eigenvalue weighted by Gasteiger charge is -2.34. The maximum absolute atomic E-state index is 13.3. The second-order valence-corrected chi connectivity index (χ2v) is 7.91. The summed E-state index contributed by atoms with van der Waals surface area (Å²) < 4.78 is 7.71. The van der Waals surface area contributed by atoms with E-state index in [1.807, 2.05) is 68.6 Å². The Labute approximate surface area is 188 Å². The molecule has 0 saturated heterocycles. The molecule has 166 valence electrons. The van der Waals surface area contributed by atoms with E-state index in [-0.39, 0.29) is 30.8 Å². The normalized spacial score (nSPS) is 15.2. The Morgan fingerprint density at radius 3 is 2.56 bits per heavy atom. The fourth-order valence-electron chi connectivity index (χ4n) is 3.84. The van der Waals surface area contributed by atoms with Gasteiger partial charge in [-0.25, -0.2) is 4.68 Å². The number of carbonyl (C=O) groups excluding carboxylic acids is 2. The lowest BCUT2D eigenvalue weighted by Crippen LogP contribution is -2.52. The fraction of sp³-hybridized carbons (Fsp3) is 0.320. The summed E-state index contributed by atoms with van der Waals surface area (Å²) in [5.41, 5.74) is 2.42. The first kappa shape index (κ1) is 21.6. The molecule has 4 rings (SSSR count). The van der Waals surface area contributed by atoms with Crippen LogP contribution in [0.15, 0.2) is 67.0 Å². The molecule has 0 fully saturated rings. The Balaban J connectivity index is 1.51. The molecule has 1 atom stereocenters. The minimum atomic E-state index is -0.749. The van der Waals surface area contributed by atoms with Crippen LogP contribution in [-0.4, -0.2) is 40.3 Å². The van der Waals surface area contributed by atoms with Crippen molar-refractivity contribution < 1.29 is 14.3 Å². The molecular formula is C25H28N4O3. The first-order valence-corrected chi connectivity index (χ1v) is 11.0. The van der Waals surface area contributed by atoms with Gasteiger partial charge in [-0.3, -0.25) is 9.59 Å². The van der Waals surface area contributed by atoms with E-state index in [0.717, 1.165) is 24.1 Å². The Bertz CT molecular complexity index is 1080. The smallest absolute Gasteiger partial charge is 0.263 e. The zero-order chi connectivity index (χ0) is 22.5. The number of nitrogens with zero attached hydrogens (tertiary/aromatic N) is 3. The molecule has 2 heterocycles. The van der Waals surface area contributed by atoms with Crippen LogP contribution in [-0.2, 0) is 16.0 Å². The molecule has 2 aromatic carbocycles. The molecule has 0 spiro atoms. The minimum Gasteiger partial charge on any atom is -0.477 e. The van der Waals surface area contributed by atoms with Gasteiger partial charge in [-0.1, -0.05) is 44.2 Å². The average molecular weight is 433 g/mol. The summed E-state index contributed by atoms with van der Waals surface area (Å²) in [5.74, 6) is 0.244. The van der Waals surface area contributed by atoms with Gasteiger partial charge in [0.1, 0.15) is 5.75 Å². The van der Waals surface area contributed by atoms with Crippen LogP contribution >= 0.6 is 0 Å². The van der Waals surface area contributed by atoms with Crippen LogP contribution in [0.3, 0.4) is 0 Å². The summed E-state index contributed by atoms with van der Waals surface area (Å²) >= 11 is 0. The number of amides is 2. The predicted molar refractivity (Wildman–Crippen MR) is 123 cm³/mol.